The molecule has 10 atom stereocenters. The smallest absolute Gasteiger partial charge is 0.305 e. The molecule has 0 radical (unpaired) electrons. The molecule has 0 aromatic rings. The van der Waals surface area contributed by atoms with Crippen LogP contribution in [0.1, 0.15) is 98.8 Å². The monoisotopic (exact) mass is 436 g/mol. The highest BCUT2D eigenvalue weighted by atomic mass is 16.5. The quantitative estimate of drug-likeness (QED) is 0.564. The third-order valence-corrected chi connectivity index (χ3v) is 10.4. The number of hydrogen-bond donors (Lipinski definition) is 2. The summed E-state index contributed by atoms with van der Waals surface area (Å²) in [6.45, 7) is 11.3. The van der Waals surface area contributed by atoms with Crippen LogP contribution in [0.4, 0.5) is 0 Å². The van der Waals surface area contributed by atoms with E-state index in [1.165, 1.54) is 32.8 Å². The molecule has 4 aliphatic rings. The van der Waals surface area contributed by atoms with Crippen LogP contribution >= 0.6 is 0 Å². The molecule has 4 fully saturated rings. The van der Waals surface area contributed by atoms with Crippen molar-refractivity contribution < 1.29 is 19.7 Å². The van der Waals surface area contributed by atoms with Gasteiger partial charge in [0.15, 0.2) is 0 Å². The first-order chi connectivity index (χ1) is 14.7. The lowest BCUT2D eigenvalue weighted by Crippen LogP contribution is -2.58. The number of aliphatic hydroxyl groups excluding tert-OH is 2. The number of fused-ring (bicyclic) bond motifs is 5. The Morgan fingerprint density at radius 2 is 1.61 bits per heavy atom. The first-order valence-corrected chi connectivity index (χ1v) is 13.1. The first-order valence-electron chi connectivity index (χ1n) is 13.1. The van der Waals surface area contributed by atoms with Crippen LogP contribution in [0, 0.1) is 46.3 Å². The zero-order valence-corrected chi connectivity index (χ0v) is 20.9. The molecule has 0 heterocycles. The van der Waals surface area contributed by atoms with Gasteiger partial charge in [-0.25, -0.2) is 0 Å². The van der Waals surface area contributed by atoms with Crippen molar-refractivity contribution in [2.45, 2.75) is 111 Å². The average Bonchev–Trinajstić information content (AvgIpc) is 3.12. The molecule has 0 bridgehead atoms. The molecule has 4 aliphatic carbocycles. The maximum Gasteiger partial charge on any atom is 0.305 e. The van der Waals surface area contributed by atoms with Gasteiger partial charge in [0, 0.05) is 6.42 Å². The van der Waals surface area contributed by atoms with Gasteiger partial charge in [-0.3, -0.25) is 4.79 Å². The predicted octanol–water partition coefficient (Wildman–Crippen LogP) is 5.59. The topological polar surface area (TPSA) is 66.8 Å². The molecule has 4 saturated carbocycles. The van der Waals surface area contributed by atoms with Crippen LogP contribution < -0.4 is 0 Å². The fourth-order valence-electron chi connectivity index (χ4n) is 8.90. The number of carbonyl (C=O) groups is 1. The summed E-state index contributed by atoms with van der Waals surface area (Å²) in [4.78, 5) is 11.6. The molecule has 2 N–H and O–H groups in total. The standard InChI is InChI=1S/C25H42O4.C2H6/c1-15(5-8-23(28)29-4)18-6-7-19-17-14-22(27)21-13-16(26)9-11-25(21,3)20(17)10-12-24(18,19)2;1-2/h15-22,26-27H,5-14H2,1-4H3;1-2H3/t15?,16-,17?,18?,19?,20?,21?,22+,24?,25?;/m1./s1. The highest BCUT2D eigenvalue weighted by molar-refractivity contribution is 5.69. The van der Waals surface area contributed by atoms with Gasteiger partial charge in [0.1, 0.15) is 0 Å². The molecule has 0 aliphatic heterocycles. The van der Waals surface area contributed by atoms with Gasteiger partial charge in [-0.05, 0) is 104 Å². The van der Waals surface area contributed by atoms with Crippen LogP contribution in [0.3, 0.4) is 0 Å². The minimum Gasteiger partial charge on any atom is -0.469 e. The Hall–Kier alpha value is -0.610. The zero-order chi connectivity index (χ0) is 23.0. The predicted molar refractivity (Wildman–Crippen MR) is 124 cm³/mol. The van der Waals surface area contributed by atoms with Gasteiger partial charge in [-0.2, -0.15) is 0 Å². The van der Waals surface area contributed by atoms with Crippen molar-refractivity contribution in [1.82, 2.24) is 0 Å². The van der Waals surface area contributed by atoms with Gasteiger partial charge in [-0.1, -0.05) is 34.6 Å². The van der Waals surface area contributed by atoms with E-state index in [4.69, 9.17) is 4.74 Å². The average molecular weight is 437 g/mol. The summed E-state index contributed by atoms with van der Waals surface area (Å²) in [5.74, 6) is 3.42. The van der Waals surface area contributed by atoms with Gasteiger partial charge in [0.2, 0.25) is 0 Å². The number of esters is 1. The Labute approximate surface area is 190 Å². The Balaban J connectivity index is 0.00000132. The second-order valence-corrected chi connectivity index (χ2v) is 11.5. The van der Waals surface area contributed by atoms with E-state index in [2.05, 4.69) is 20.8 Å². The molecule has 4 rings (SSSR count). The number of hydrogen-bond acceptors (Lipinski definition) is 4. The van der Waals surface area contributed by atoms with Gasteiger partial charge >= 0.3 is 5.97 Å². The van der Waals surface area contributed by atoms with E-state index in [9.17, 15) is 15.0 Å². The van der Waals surface area contributed by atoms with Crippen molar-refractivity contribution in [2.75, 3.05) is 7.11 Å². The van der Waals surface area contributed by atoms with Crippen LogP contribution in [0.15, 0.2) is 0 Å². The second kappa shape index (κ2) is 9.71. The summed E-state index contributed by atoms with van der Waals surface area (Å²) in [5, 5.41) is 21.3. The van der Waals surface area contributed by atoms with E-state index in [1.54, 1.807) is 0 Å². The lowest BCUT2D eigenvalue weighted by Gasteiger charge is -2.62. The molecule has 4 heteroatoms. The fourth-order valence-corrected chi connectivity index (χ4v) is 8.90. The third-order valence-electron chi connectivity index (χ3n) is 10.4. The molecule has 0 amide bonds. The molecule has 0 saturated heterocycles. The number of rotatable bonds is 4. The van der Waals surface area contributed by atoms with E-state index in [0.717, 1.165) is 32.1 Å². The van der Waals surface area contributed by atoms with Crippen molar-refractivity contribution in [1.29, 1.82) is 0 Å². The molecule has 8 unspecified atom stereocenters. The van der Waals surface area contributed by atoms with Crippen LogP contribution in [0.25, 0.3) is 0 Å². The van der Waals surface area contributed by atoms with Crippen LogP contribution in [0.5, 0.6) is 0 Å². The summed E-state index contributed by atoms with van der Waals surface area (Å²) in [5.41, 5.74) is 0.533. The van der Waals surface area contributed by atoms with Crippen molar-refractivity contribution in [3.63, 3.8) is 0 Å². The SMILES string of the molecule is CC.COC(=O)CCC(C)C1CCC2C3C[C@H](O)C4C[C@H](O)CCC4(C)C3CCC12C. The molecule has 0 spiro atoms. The van der Waals surface area contributed by atoms with Gasteiger partial charge in [0.05, 0.1) is 19.3 Å². The Morgan fingerprint density at radius 1 is 0.968 bits per heavy atom. The summed E-state index contributed by atoms with van der Waals surface area (Å²) in [7, 11) is 1.48. The molecule has 0 aromatic carbocycles. The van der Waals surface area contributed by atoms with E-state index >= 15 is 0 Å². The number of ether oxygens (including phenoxy) is 1. The summed E-state index contributed by atoms with van der Waals surface area (Å²) in [6.07, 6.45) is 9.77. The van der Waals surface area contributed by atoms with E-state index in [1.807, 2.05) is 13.8 Å². The van der Waals surface area contributed by atoms with Crippen molar-refractivity contribution >= 4 is 5.97 Å². The minimum atomic E-state index is -0.255. The highest BCUT2D eigenvalue weighted by Crippen LogP contribution is 2.68. The highest BCUT2D eigenvalue weighted by Gasteiger charge is 2.62. The normalized spacial score (nSPS) is 47.2. The van der Waals surface area contributed by atoms with Crippen LogP contribution in [-0.2, 0) is 9.53 Å². The Kier molecular flexibility index (Phi) is 7.84. The molecule has 0 aromatic heterocycles. The van der Waals surface area contributed by atoms with Crippen molar-refractivity contribution in [3.05, 3.63) is 0 Å². The molecule has 180 valence electrons. The largest absolute Gasteiger partial charge is 0.469 e. The molecular formula is C27H48O4. The first kappa shape index (κ1) is 25.0. The van der Waals surface area contributed by atoms with E-state index in [-0.39, 0.29) is 29.5 Å². The van der Waals surface area contributed by atoms with E-state index in [0.29, 0.717) is 41.4 Å². The number of aliphatic hydroxyl groups is 2. The summed E-state index contributed by atoms with van der Waals surface area (Å²) < 4.78 is 4.86. The summed E-state index contributed by atoms with van der Waals surface area (Å²) >= 11 is 0. The molecule has 31 heavy (non-hydrogen) atoms. The lowest BCUT2D eigenvalue weighted by molar-refractivity contribution is -0.172. The minimum absolute atomic E-state index is 0.0888. The fraction of sp³-hybridized carbons (Fsp3) is 0.963. The Morgan fingerprint density at radius 3 is 2.29 bits per heavy atom. The number of carbonyl (C=O) groups excluding carboxylic acids is 1. The maximum absolute atomic E-state index is 11.6. The Bertz CT molecular complexity index is 620. The van der Waals surface area contributed by atoms with Crippen molar-refractivity contribution in [3.8, 4) is 0 Å². The molecular weight excluding hydrogens is 388 g/mol. The van der Waals surface area contributed by atoms with Crippen LogP contribution in [-0.4, -0.2) is 35.5 Å². The molecule has 4 nitrogen and oxygen atoms in total. The van der Waals surface area contributed by atoms with Gasteiger partial charge < -0.3 is 14.9 Å². The van der Waals surface area contributed by atoms with Gasteiger partial charge in [-0.15, -0.1) is 0 Å². The lowest BCUT2D eigenvalue weighted by atomic mass is 9.44. The third kappa shape index (κ3) is 4.33. The van der Waals surface area contributed by atoms with E-state index < -0.39 is 0 Å². The number of methoxy groups -OCH3 is 1. The second-order valence-electron chi connectivity index (χ2n) is 11.5. The summed E-state index contributed by atoms with van der Waals surface area (Å²) in [6, 6.07) is 0. The van der Waals surface area contributed by atoms with Gasteiger partial charge in [0.25, 0.3) is 0 Å². The van der Waals surface area contributed by atoms with Crippen molar-refractivity contribution in [2.24, 2.45) is 46.3 Å². The van der Waals surface area contributed by atoms with Crippen LogP contribution in [0.2, 0.25) is 0 Å². The zero-order valence-electron chi connectivity index (χ0n) is 20.9. The maximum atomic E-state index is 11.6.